The first-order valence-corrected chi connectivity index (χ1v) is 13.7. The van der Waals surface area contributed by atoms with E-state index in [1.165, 1.54) is 18.2 Å². The zero-order valence-electron chi connectivity index (χ0n) is 19.0. The fraction of sp³-hybridized carbons (Fsp3) is 0.458. The molecule has 4 amide bonds. The number of nitrogens with zero attached hydrogens (tertiary/aromatic N) is 2. The molecular formula is C24H20BrCl3N2O7. The van der Waals surface area contributed by atoms with Crippen LogP contribution >= 0.6 is 50.7 Å². The summed E-state index contributed by atoms with van der Waals surface area (Å²) >= 11 is 23.5. The van der Waals surface area contributed by atoms with E-state index >= 15 is 0 Å². The lowest BCUT2D eigenvalue weighted by Gasteiger charge is -2.50. The Bertz CT molecular complexity index is 1300. The zero-order chi connectivity index (χ0) is 27.0. The van der Waals surface area contributed by atoms with E-state index in [1.807, 2.05) is 0 Å². The molecule has 6 atom stereocenters. The molecule has 1 aromatic carbocycles. The van der Waals surface area contributed by atoms with Gasteiger partial charge in [-0.05, 0) is 37.0 Å². The number of hydrogen-bond donors (Lipinski definition) is 2. The van der Waals surface area contributed by atoms with Crippen molar-refractivity contribution in [1.82, 2.24) is 9.80 Å². The normalized spacial score (nSPS) is 34.9. The number of imide groups is 2. The number of carbonyl (C=O) groups is 5. The lowest BCUT2D eigenvalue weighted by molar-refractivity contribution is -0.143. The Labute approximate surface area is 234 Å². The molecule has 2 N–H and O–H groups in total. The third kappa shape index (κ3) is 3.52. The smallest absolute Gasteiger partial charge is 0.305 e. The van der Waals surface area contributed by atoms with Crippen LogP contribution in [0.15, 0.2) is 29.8 Å². The van der Waals surface area contributed by atoms with Gasteiger partial charge in [-0.1, -0.05) is 39.2 Å². The number of carbonyl (C=O) groups excluding carboxylic acids is 4. The summed E-state index contributed by atoms with van der Waals surface area (Å²) in [5.74, 6) is -7.55. The predicted molar refractivity (Wildman–Crippen MR) is 135 cm³/mol. The second-order valence-electron chi connectivity index (χ2n) is 9.66. The molecule has 1 aromatic rings. The number of carboxylic acids is 1. The SMILES string of the molecule is O=C(O)CCN1C(=O)C2CC=C3C(CC4(Cl)C(=O)N(CBr)C(=O)C4(Cl)C3c3cc(Cl)ccc3O)C2C1=O. The molecule has 4 aliphatic rings. The van der Waals surface area contributed by atoms with Gasteiger partial charge in [-0.3, -0.25) is 33.8 Å². The number of benzene rings is 1. The van der Waals surface area contributed by atoms with E-state index < -0.39 is 69.4 Å². The summed E-state index contributed by atoms with van der Waals surface area (Å²) in [5, 5.41) is 20.1. The first kappa shape index (κ1) is 26.5. The molecule has 6 unspecified atom stereocenters. The number of allylic oxidation sites excluding steroid dienone is 2. The number of aromatic hydroxyl groups is 1. The van der Waals surface area contributed by atoms with E-state index in [0.29, 0.717) is 5.57 Å². The third-order valence-corrected chi connectivity index (χ3v) is 10.1. The van der Waals surface area contributed by atoms with Gasteiger partial charge < -0.3 is 10.2 Å². The Balaban J connectivity index is 1.69. The molecule has 0 bridgehead atoms. The maximum Gasteiger partial charge on any atom is 0.305 e. The second-order valence-corrected chi connectivity index (χ2v) is 11.8. The number of alkyl halides is 3. The molecule has 13 heteroatoms. The fourth-order valence-corrected chi connectivity index (χ4v) is 7.95. The van der Waals surface area contributed by atoms with Crippen LogP contribution in [-0.4, -0.2) is 71.4 Å². The minimum atomic E-state index is -2.05. The van der Waals surface area contributed by atoms with Crippen LogP contribution in [0, 0.1) is 17.8 Å². The van der Waals surface area contributed by atoms with Crippen molar-refractivity contribution in [2.45, 2.75) is 34.9 Å². The van der Waals surface area contributed by atoms with Crippen molar-refractivity contribution in [2.24, 2.45) is 17.8 Å². The molecule has 2 aliphatic heterocycles. The van der Waals surface area contributed by atoms with Crippen molar-refractivity contribution in [1.29, 1.82) is 0 Å². The minimum Gasteiger partial charge on any atom is -0.508 e. The van der Waals surface area contributed by atoms with Crippen molar-refractivity contribution in [3.63, 3.8) is 0 Å². The molecule has 196 valence electrons. The van der Waals surface area contributed by atoms with Crippen molar-refractivity contribution < 1.29 is 34.2 Å². The lowest BCUT2D eigenvalue weighted by Crippen LogP contribution is -2.60. The van der Waals surface area contributed by atoms with Crippen LogP contribution in [0.2, 0.25) is 5.02 Å². The first-order valence-electron chi connectivity index (χ1n) is 11.4. The van der Waals surface area contributed by atoms with Gasteiger partial charge in [-0.2, -0.15) is 0 Å². The average molecular weight is 635 g/mol. The van der Waals surface area contributed by atoms with Gasteiger partial charge in [-0.25, -0.2) is 0 Å². The topological polar surface area (TPSA) is 132 Å². The molecule has 2 saturated heterocycles. The quantitative estimate of drug-likeness (QED) is 0.220. The van der Waals surface area contributed by atoms with Gasteiger partial charge in [0.25, 0.3) is 11.8 Å². The molecule has 37 heavy (non-hydrogen) atoms. The molecule has 5 rings (SSSR count). The van der Waals surface area contributed by atoms with E-state index in [9.17, 15) is 29.1 Å². The van der Waals surface area contributed by atoms with Crippen molar-refractivity contribution in [3.05, 3.63) is 40.4 Å². The summed E-state index contributed by atoms with van der Waals surface area (Å²) in [6, 6.07) is 4.23. The predicted octanol–water partition coefficient (Wildman–Crippen LogP) is 3.23. The van der Waals surface area contributed by atoms with E-state index in [2.05, 4.69) is 15.9 Å². The van der Waals surface area contributed by atoms with Crippen LogP contribution < -0.4 is 0 Å². The number of phenols is 1. The van der Waals surface area contributed by atoms with Crippen LogP contribution in [-0.2, 0) is 24.0 Å². The highest BCUT2D eigenvalue weighted by Crippen LogP contribution is 2.66. The molecule has 1 saturated carbocycles. The number of likely N-dealkylation sites (tertiary alicyclic amines) is 2. The summed E-state index contributed by atoms with van der Waals surface area (Å²) in [7, 11) is 0. The summed E-state index contributed by atoms with van der Waals surface area (Å²) < 4.78 is 0. The first-order chi connectivity index (χ1) is 17.4. The number of amides is 4. The van der Waals surface area contributed by atoms with E-state index in [-0.39, 0.29) is 41.2 Å². The molecule has 0 radical (unpaired) electrons. The van der Waals surface area contributed by atoms with Gasteiger partial charge in [0.15, 0.2) is 9.75 Å². The van der Waals surface area contributed by atoms with E-state index in [0.717, 1.165) is 9.80 Å². The summed E-state index contributed by atoms with van der Waals surface area (Å²) in [5.41, 5.74) is 0.501. The number of halogens is 4. The van der Waals surface area contributed by atoms with Crippen LogP contribution in [0.5, 0.6) is 5.75 Å². The largest absolute Gasteiger partial charge is 0.508 e. The van der Waals surface area contributed by atoms with E-state index in [4.69, 9.17) is 39.9 Å². The molecule has 2 heterocycles. The Morgan fingerprint density at radius 2 is 1.78 bits per heavy atom. The highest BCUT2D eigenvalue weighted by atomic mass is 79.9. The van der Waals surface area contributed by atoms with Gasteiger partial charge >= 0.3 is 5.97 Å². The third-order valence-electron chi connectivity index (χ3n) is 7.96. The number of hydrogen-bond acceptors (Lipinski definition) is 6. The lowest BCUT2D eigenvalue weighted by atomic mass is 9.56. The monoisotopic (exact) mass is 632 g/mol. The van der Waals surface area contributed by atoms with Crippen molar-refractivity contribution >= 4 is 80.3 Å². The van der Waals surface area contributed by atoms with Gasteiger partial charge in [-0.15, -0.1) is 23.2 Å². The number of fused-ring (bicyclic) bond motifs is 4. The average Bonchev–Trinajstić information content (AvgIpc) is 3.17. The Morgan fingerprint density at radius 1 is 1.08 bits per heavy atom. The van der Waals surface area contributed by atoms with Crippen molar-refractivity contribution in [3.8, 4) is 5.75 Å². The maximum absolute atomic E-state index is 13.6. The maximum atomic E-state index is 13.6. The van der Waals surface area contributed by atoms with Gasteiger partial charge in [0.05, 0.1) is 23.7 Å². The number of aliphatic carboxylic acids is 1. The Kier molecular flexibility index (Phi) is 6.41. The van der Waals surface area contributed by atoms with Crippen LogP contribution in [0.3, 0.4) is 0 Å². The van der Waals surface area contributed by atoms with Crippen LogP contribution in [0.25, 0.3) is 0 Å². The zero-order valence-corrected chi connectivity index (χ0v) is 22.9. The summed E-state index contributed by atoms with van der Waals surface area (Å²) in [4.78, 5) is 62.6. The Hall–Kier alpha value is -2.14. The number of rotatable bonds is 5. The number of carboxylic acid groups (broad SMARTS) is 1. The molecule has 0 spiro atoms. The molecule has 9 nitrogen and oxygen atoms in total. The van der Waals surface area contributed by atoms with E-state index in [1.54, 1.807) is 6.08 Å². The van der Waals surface area contributed by atoms with Crippen LogP contribution in [0.1, 0.15) is 30.7 Å². The molecular weight excluding hydrogens is 615 g/mol. The fourth-order valence-electron chi connectivity index (χ4n) is 6.35. The second kappa shape index (κ2) is 8.97. The summed E-state index contributed by atoms with van der Waals surface area (Å²) in [6.07, 6.45) is 1.24. The molecule has 2 aliphatic carbocycles. The van der Waals surface area contributed by atoms with Gasteiger partial charge in [0.1, 0.15) is 5.75 Å². The molecule has 3 fully saturated rings. The number of phenolic OH excluding ortho intramolecular Hbond substituents is 1. The highest BCUT2D eigenvalue weighted by Gasteiger charge is 2.76. The van der Waals surface area contributed by atoms with Crippen LogP contribution in [0.4, 0.5) is 0 Å². The van der Waals surface area contributed by atoms with Gasteiger partial charge in [0.2, 0.25) is 11.8 Å². The molecule has 0 aromatic heterocycles. The summed E-state index contributed by atoms with van der Waals surface area (Å²) in [6.45, 7) is -0.277. The minimum absolute atomic E-state index is 0.134. The van der Waals surface area contributed by atoms with Crippen molar-refractivity contribution in [2.75, 3.05) is 12.0 Å². The standard InChI is InChI=1S/C24H20BrCl3N2O7/c25-9-30-21(36)23(27)8-14-11(2-3-12-17(14)20(35)29(19(12)34)6-5-16(32)33)18(24(23,28)22(30)37)13-7-10(26)1-4-15(13)31/h1-2,4,7,12,14,17-18,31H,3,5-6,8-9H2,(H,32,33). The Morgan fingerprint density at radius 3 is 2.43 bits per heavy atom. The highest BCUT2D eigenvalue weighted by molar-refractivity contribution is 9.09. The van der Waals surface area contributed by atoms with Gasteiger partial charge in [0, 0.05) is 23.0 Å².